The summed E-state index contributed by atoms with van der Waals surface area (Å²) in [6, 6.07) is 18.1. The number of nitrogens with one attached hydrogen (secondary N) is 1. The summed E-state index contributed by atoms with van der Waals surface area (Å²) >= 11 is 0. The van der Waals surface area contributed by atoms with Crippen LogP contribution in [0, 0.1) is 6.92 Å². The van der Waals surface area contributed by atoms with E-state index >= 15 is 0 Å². The minimum absolute atomic E-state index is 0.233. The van der Waals surface area contributed by atoms with Crippen molar-refractivity contribution in [2.24, 2.45) is 0 Å². The molecule has 2 rings (SSSR count). The number of benzene rings is 2. The second kappa shape index (κ2) is 9.40. The molecule has 0 aromatic heterocycles. The zero-order valence-corrected chi connectivity index (χ0v) is 17.0. The highest BCUT2D eigenvalue weighted by molar-refractivity contribution is 5.51. The van der Waals surface area contributed by atoms with Gasteiger partial charge < -0.3 is 10.2 Å². The van der Waals surface area contributed by atoms with Gasteiger partial charge in [0.05, 0.1) is 0 Å². The van der Waals surface area contributed by atoms with Crippen LogP contribution in [0.1, 0.15) is 36.5 Å². The van der Waals surface area contributed by atoms with Crippen molar-refractivity contribution in [3.63, 3.8) is 0 Å². The summed E-state index contributed by atoms with van der Waals surface area (Å²) in [6.07, 6.45) is 6.71. The molecule has 138 valence electrons. The fraction of sp³-hybridized carbons (Fsp3) is 0.333. The van der Waals surface area contributed by atoms with Gasteiger partial charge in [0.2, 0.25) is 0 Å². The van der Waals surface area contributed by atoms with Gasteiger partial charge >= 0.3 is 0 Å². The van der Waals surface area contributed by atoms with Gasteiger partial charge in [-0.2, -0.15) is 0 Å². The quantitative estimate of drug-likeness (QED) is 0.683. The SMILES string of the molecule is C/C=C(\C=C/C(C)NC)C(c1ccc(C)cc1)c1ccc(N(C)C)cc1. The van der Waals surface area contributed by atoms with Crippen molar-refractivity contribution >= 4 is 5.69 Å². The molecule has 1 N–H and O–H groups in total. The van der Waals surface area contributed by atoms with Crippen LogP contribution >= 0.6 is 0 Å². The fourth-order valence-corrected chi connectivity index (χ4v) is 3.01. The summed E-state index contributed by atoms with van der Waals surface area (Å²) < 4.78 is 0. The van der Waals surface area contributed by atoms with E-state index in [2.05, 4.69) is 112 Å². The van der Waals surface area contributed by atoms with Gasteiger partial charge in [0.25, 0.3) is 0 Å². The molecule has 0 heterocycles. The first kappa shape index (κ1) is 20.0. The van der Waals surface area contributed by atoms with Crippen LogP contribution in [0.2, 0.25) is 0 Å². The number of nitrogens with zero attached hydrogens (tertiary/aromatic N) is 1. The third kappa shape index (κ3) is 5.09. The van der Waals surface area contributed by atoms with Crippen LogP contribution < -0.4 is 10.2 Å². The van der Waals surface area contributed by atoms with Crippen LogP contribution in [0.15, 0.2) is 72.3 Å². The summed E-state index contributed by atoms with van der Waals surface area (Å²) in [6.45, 7) is 6.42. The zero-order chi connectivity index (χ0) is 19.1. The lowest BCUT2D eigenvalue weighted by Crippen LogP contribution is -2.18. The Kier molecular flexibility index (Phi) is 7.23. The van der Waals surface area contributed by atoms with Gasteiger partial charge in [0.1, 0.15) is 0 Å². The monoisotopic (exact) mass is 348 g/mol. The number of allylic oxidation sites excluding steroid dienone is 3. The third-order valence-corrected chi connectivity index (χ3v) is 4.85. The number of anilines is 1. The van der Waals surface area contributed by atoms with Gasteiger partial charge in [-0.15, -0.1) is 0 Å². The second-order valence-electron chi connectivity index (χ2n) is 7.05. The zero-order valence-electron chi connectivity index (χ0n) is 17.0. The van der Waals surface area contributed by atoms with Crippen molar-refractivity contribution < 1.29 is 0 Å². The van der Waals surface area contributed by atoms with Gasteiger partial charge in [0, 0.05) is 31.7 Å². The lowest BCUT2D eigenvalue weighted by Gasteiger charge is -2.22. The van der Waals surface area contributed by atoms with Crippen molar-refractivity contribution in [2.45, 2.75) is 32.7 Å². The number of aryl methyl sites for hydroxylation is 1. The first-order valence-electron chi connectivity index (χ1n) is 9.31. The van der Waals surface area contributed by atoms with Gasteiger partial charge in [-0.05, 0) is 56.7 Å². The van der Waals surface area contributed by atoms with E-state index in [0.29, 0.717) is 6.04 Å². The molecule has 0 amide bonds. The van der Waals surface area contributed by atoms with Gasteiger partial charge in [-0.1, -0.05) is 60.2 Å². The van der Waals surface area contributed by atoms with Gasteiger partial charge in [-0.25, -0.2) is 0 Å². The molecular formula is C24H32N2. The maximum Gasteiger partial charge on any atom is 0.0361 e. The molecule has 2 unspecified atom stereocenters. The van der Waals surface area contributed by atoms with Crippen LogP contribution in [0.5, 0.6) is 0 Å². The van der Waals surface area contributed by atoms with Crippen molar-refractivity contribution in [3.05, 3.63) is 89.0 Å². The lowest BCUT2D eigenvalue weighted by molar-refractivity contribution is 0.727. The molecule has 0 saturated carbocycles. The minimum atomic E-state index is 0.233. The highest BCUT2D eigenvalue weighted by Gasteiger charge is 2.17. The highest BCUT2D eigenvalue weighted by atomic mass is 15.1. The minimum Gasteiger partial charge on any atom is -0.378 e. The van der Waals surface area contributed by atoms with Crippen molar-refractivity contribution in [1.29, 1.82) is 0 Å². The summed E-state index contributed by atoms with van der Waals surface area (Å²) in [5.41, 5.74) is 6.46. The van der Waals surface area contributed by atoms with Crippen LogP contribution in [-0.4, -0.2) is 27.2 Å². The Labute approximate surface area is 159 Å². The van der Waals surface area contributed by atoms with Crippen LogP contribution in [-0.2, 0) is 0 Å². The number of rotatable bonds is 7. The third-order valence-electron chi connectivity index (χ3n) is 4.85. The molecule has 2 aromatic rings. The van der Waals surface area contributed by atoms with Crippen molar-refractivity contribution in [1.82, 2.24) is 5.32 Å². The Morgan fingerprint density at radius 1 is 0.962 bits per heavy atom. The van der Waals surface area contributed by atoms with E-state index in [-0.39, 0.29) is 5.92 Å². The molecule has 0 radical (unpaired) electrons. The van der Waals surface area contributed by atoms with Crippen LogP contribution in [0.4, 0.5) is 5.69 Å². The molecule has 0 aliphatic heterocycles. The average Bonchev–Trinajstić information content (AvgIpc) is 2.66. The van der Waals surface area contributed by atoms with Crippen LogP contribution in [0.3, 0.4) is 0 Å². The molecular weight excluding hydrogens is 316 g/mol. The summed E-state index contributed by atoms with van der Waals surface area (Å²) in [4.78, 5) is 2.13. The first-order chi connectivity index (χ1) is 12.5. The Hall–Kier alpha value is -2.32. The fourth-order valence-electron chi connectivity index (χ4n) is 3.01. The lowest BCUT2D eigenvalue weighted by atomic mass is 9.84. The van der Waals surface area contributed by atoms with E-state index in [0.717, 1.165) is 0 Å². The van der Waals surface area contributed by atoms with Crippen molar-refractivity contribution in [2.75, 3.05) is 26.0 Å². The molecule has 2 aromatic carbocycles. The molecule has 2 atom stereocenters. The molecule has 2 nitrogen and oxygen atoms in total. The molecule has 0 saturated heterocycles. The average molecular weight is 349 g/mol. The molecule has 0 aliphatic carbocycles. The predicted octanol–water partition coefficient (Wildman–Crippen LogP) is 5.30. The predicted molar refractivity (Wildman–Crippen MR) is 115 cm³/mol. The molecule has 0 bridgehead atoms. The molecule has 26 heavy (non-hydrogen) atoms. The Morgan fingerprint density at radius 3 is 1.96 bits per heavy atom. The molecule has 0 spiro atoms. The van der Waals surface area contributed by atoms with Gasteiger partial charge in [-0.3, -0.25) is 0 Å². The Morgan fingerprint density at radius 2 is 1.50 bits per heavy atom. The summed E-state index contributed by atoms with van der Waals surface area (Å²) in [5.74, 6) is 0.233. The highest BCUT2D eigenvalue weighted by Crippen LogP contribution is 2.34. The molecule has 0 fully saturated rings. The maximum atomic E-state index is 3.27. The largest absolute Gasteiger partial charge is 0.378 e. The van der Waals surface area contributed by atoms with E-state index in [1.54, 1.807) is 0 Å². The Balaban J connectivity index is 2.47. The number of hydrogen-bond acceptors (Lipinski definition) is 2. The Bertz CT molecular complexity index is 737. The van der Waals surface area contributed by atoms with Gasteiger partial charge in [0.15, 0.2) is 0 Å². The van der Waals surface area contributed by atoms with E-state index in [4.69, 9.17) is 0 Å². The van der Waals surface area contributed by atoms with E-state index in [1.807, 2.05) is 7.05 Å². The smallest absolute Gasteiger partial charge is 0.0361 e. The maximum absolute atomic E-state index is 3.27. The topological polar surface area (TPSA) is 15.3 Å². The molecule has 2 heteroatoms. The molecule has 0 aliphatic rings. The number of hydrogen-bond donors (Lipinski definition) is 1. The van der Waals surface area contributed by atoms with E-state index < -0.39 is 0 Å². The van der Waals surface area contributed by atoms with Crippen molar-refractivity contribution in [3.8, 4) is 0 Å². The van der Waals surface area contributed by atoms with E-state index in [9.17, 15) is 0 Å². The summed E-state index contributed by atoms with van der Waals surface area (Å²) in [7, 11) is 6.14. The normalized spacial score (nSPS) is 14.5. The van der Waals surface area contributed by atoms with E-state index in [1.165, 1.54) is 28.0 Å². The second-order valence-corrected chi connectivity index (χ2v) is 7.05. The van der Waals surface area contributed by atoms with Crippen LogP contribution in [0.25, 0.3) is 0 Å². The number of likely N-dealkylation sites (N-methyl/N-ethyl adjacent to an activating group) is 1. The standard InChI is InChI=1S/C24H32N2/c1-7-20(13-10-19(3)25-4)24(21-11-8-18(2)9-12-21)22-14-16-23(17-15-22)26(5)6/h7-17,19,24-25H,1-6H3/b13-10-,20-7+. The first-order valence-corrected chi connectivity index (χ1v) is 9.31. The summed E-state index contributed by atoms with van der Waals surface area (Å²) in [5, 5.41) is 3.27.